The van der Waals surface area contributed by atoms with Crippen LogP contribution in [0.5, 0.6) is 0 Å². The number of hydrogen-bond donors (Lipinski definition) is 1. The van der Waals surface area contributed by atoms with E-state index in [0.717, 1.165) is 23.0 Å². The molecule has 2 amide bonds. The van der Waals surface area contributed by atoms with Gasteiger partial charge in [-0.15, -0.1) is 0 Å². The van der Waals surface area contributed by atoms with Gasteiger partial charge in [-0.05, 0) is 31.0 Å². The average molecular weight is 379 g/mol. The molecule has 0 spiro atoms. The molecule has 1 saturated carbocycles. The highest BCUT2D eigenvalue weighted by Gasteiger charge is 2.35. The number of anilines is 1. The zero-order chi connectivity index (χ0) is 16.2. The third-order valence-electron chi connectivity index (χ3n) is 4.82. The highest BCUT2D eigenvalue weighted by molar-refractivity contribution is 9.10. The molecule has 1 aliphatic heterocycles. The molecule has 2 fully saturated rings. The van der Waals surface area contributed by atoms with Gasteiger partial charge in [0.2, 0.25) is 11.8 Å². The molecule has 3 rings (SSSR count). The highest BCUT2D eigenvalue weighted by Crippen LogP contribution is 2.28. The minimum absolute atomic E-state index is 0.0316. The Kier molecular flexibility index (Phi) is 5.36. The van der Waals surface area contributed by atoms with Crippen LogP contribution in [0.3, 0.4) is 0 Å². The summed E-state index contributed by atoms with van der Waals surface area (Å²) in [6, 6.07) is 7.96. The van der Waals surface area contributed by atoms with Gasteiger partial charge in [-0.3, -0.25) is 9.59 Å². The van der Waals surface area contributed by atoms with E-state index in [-0.39, 0.29) is 17.7 Å². The van der Waals surface area contributed by atoms with Crippen LogP contribution in [0.1, 0.15) is 44.9 Å². The molecule has 1 heterocycles. The molecular weight excluding hydrogens is 356 g/mol. The normalized spacial score (nSPS) is 22.9. The third-order valence-corrected chi connectivity index (χ3v) is 5.31. The maximum Gasteiger partial charge on any atom is 0.227 e. The Morgan fingerprint density at radius 2 is 1.91 bits per heavy atom. The summed E-state index contributed by atoms with van der Waals surface area (Å²) in [4.78, 5) is 26.5. The molecule has 1 atom stereocenters. The molecule has 2 aliphatic rings. The first kappa shape index (κ1) is 16.5. The monoisotopic (exact) mass is 378 g/mol. The molecule has 0 aromatic heterocycles. The van der Waals surface area contributed by atoms with Gasteiger partial charge in [0.25, 0.3) is 0 Å². The molecule has 23 heavy (non-hydrogen) atoms. The van der Waals surface area contributed by atoms with E-state index in [0.29, 0.717) is 19.0 Å². The lowest BCUT2D eigenvalue weighted by atomic mass is 10.0. The summed E-state index contributed by atoms with van der Waals surface area (Å²) in [6.45, 7) is 0.480. The van der Waals surface area contributed by atoms with Crippen molar-refractivity contribution in [1.29, 1.82) is 0 Å². The third kappa shape index (κ3) is 4.14. The predicted molar refractivity (Wildman–Crippen MR) is 94.2 cm³/mol. The standard InChI is InChI=1S/C18H23BrN2O2/c19-14-6-5-9-16(11-14)21-12-13(10-17(21)22)18(23)20-15-7-3-1-2-4-8-15/h5-6,9,11,13,15H,1-4,7-8,10,12H2,(H,20,23). The van der Waals surface area contributed by atoms with Crippen molar-refractivity contribution in [2.75, 3.05) is 11.4 Å². The first-order valence-corrected chi connectivity index (χ1v) is 9.29. The molecule has 1 aromatic carbocycles. The van der Waals surface area contributed by atoms with Crippen molar-refractivity contribution in [3.05, 3.63) is 28.7 Å². The van der Waals surface area contributed by atoms with E-state index in [1.807, 2.05) is 24.3 Å². The summed E-state index contributed by atoms with van der Waals surface area (Å²) >= 11 is 3.43. The Morgan fingerprint density at radius 1 is 1.17 bits per heavy atom. The SMILES string of the molecule is O=C(NC1CCCCCC1)C1CC(=O)N(c2cccc(Br)c2)C1. The van der Waals surface area contributed by atoms with E-state index in [4.69, 9.17) is 0 Å². The van der Waals surface area contributed by atoms with Crippen molar-refractivity contribution in [1.82, 2.24) is 5.32 Å². The maximum absolute atomic E-state index is 12.5. The molecule has 5 heteroatoms. The van der Waals surface area contributed by atoms with Crippen molar-refractivity contribution >= 4 is 33.4 Å². The van der Waals surface area contributed by atoms with Crippen LogP contribution in [0.2, 0.25) is 0 Å². The Morgan fingerprint density at radius 3 is 2.61 bits per heavy atom. The van der Waals surface area contributed by atoms with Gasteiger partial charge < -0.3 is 10.2 Å². The van der Waals surface area contributed by atoms with Gasteiger partial charge in [-0.1, -0.05) is 47.7 Å². The van der Waals surface area contributed by atoms with E-state index < -0.39 is 0 Å². The maximum atomic E-state index is 12.5. The predicted octanol–water partition coefficient (Wildman–Crippen LogP) is 3.64. The first-order chi connectivity index (χ1) is 11.1. The van der Waals surface area contributed by atoms with Gasteiger partial charge in [0.05, 0.1) is 5.92 Å². The zero-order valence-electron chi connectivity index (χ0n) is 13.3. The number of carbonyl (C=O) groups excluding carboxylic acids is 2. The Labute approximate surface area is 145 Å². The summed E-state index contributed by atoms with van der Waals surface area (Å²) < 4.78 is 0.939. The number of nitrogens with zero attached hydrogens (tertiary/aromatic N) is 1. The molecular formula is C18H23BrN2O2. The second-order valence-corrected chi connectivity index (χ2v) is 7.50. The summed E-state index contributed by atoms with van der Waals surface area (Å²) in [5, 5.41) is 3.18. The molecule has 1 unspecified atom stereocenters. The van der Waals surface area contributed by atoms with Crippen LogP contribution >= 0.6 is 15.9 Å². The van der Waals surface area contributed by atoms with E-state index in [1.54, 1.807) is 4.90 Å². The fourth-order valence-corrected chi connectivity index (χ4v) is 3.91. The van der Waals surface area contributed by atoms with Crippen LogP contribution in [-0.4, -0.2) is 24.4 Å². The highest BCUT2D eigenvalue weighted by atomic mass is 79.9. The van der Waals surface area contributed by atoms with Crippen molar-refractivity contribution < 1.29 is 9.59 Å². The number of rotatable bonds is 3. The molecule has 1 saturated heterocycles. The molecule has 1 aliphatic carbocycles. The number of benzene rings is 1. The van der Waals surface area contributed by atoms with Gasteiger partial charge >= 0.3 is 0 Å². The van der Waals surface area contributed by atoms with Crippen molar-refractivity contribution in [2.45, 2.75) is 51.0 Å². The quantitative estimate of drug-likeness (QED) is 0.816. The lowest BCUT2D eigenvalue weighted by Crippen LogP contribution is -2.39. The van der Waals surface area contributed by atoms with Crippen LogP contribution in [0.4, 0.5) is 5.69 Å². The fourth-order valence-electron chi connectivity index (χ4n) is 3.52. The van der Waals surface area contributed by atoms with E-state index in [9.17, 15) is 9.59 Å². The number of amides is 2. The number of hydrogen-bond acceptors (Lipinski definition) is 2. The van der Waals surface area contributed by atoms with Crippen LogP contribution in [0.25, 0.3) is 0 Å². The Hall–Kier alpha value is -1.36. The van der Waals surface area contributed by atoms with Crippen molar-refractivity contribution in [3.8, 4) is 0 Å². The second-order valence-electron chi connectivity index (χ2n) is 6.58. The van der Waals surface area contributed by atoms with E-state index in [1.165, 1.54) is 25.7 Å². The minimum Gasteiger partial charge on any atom is -0.353 e. The smallest absolute Gasteiger partial charge is 0.227 e. The molecule has 0 bridgehead atoms. The lowest BCUT2D eigenvalue weighted by Gasteiger charge is -2.20. The van der Waals surface area contributed by atoms with Crippen molar-refractivity contribution in [2.24, 2.45) is 5.92 Å². The number of halogens is 1. The fraction of sp³-hybridized carbons (Fsp3) is 0.556. The minimum atomic E-state index is -0.232. The first-order valence-electron chi connectivity index (χ1n) is 8.50. The summed E-state index contributed by atoms with van der Waals surface area (Å²) in [6.07, 6.45) is 7.38. The van der Waals surface area contributed by atoms with E-state index in [2.05, 4.69) is 21.2 Å². The summed E-state index contributed by atoms with van der Waals surface area (Å²) in [5.41, 5.74) is 0.856. The molecule has 1 N–H and O–H groups in total. The lowest BCUT2D eigenvalue weighted by molar-refractivity contribution is -0.127. The Balaban J connectivity index is 1.61. The second kappa shape index (κ2) is 7.47. The largest absolute Gasteiger partial charge is 0.353 e. The van der Waals surface area contributed by atoms with Gasteiger partial charge in [0, 0.05) is 29.2 Å². The molecule has 1 aromatic rings. The topological polar surface area (TPSA) is 49.4 Å². The van der Waals surface area contributed by atoms with E-state index >= 15 is 0 Å². The molecule has 4 nitrogen and oxygen atoms in total. The van der Waals surface area contributed by atoms with Crippen LogP contribution in [0, 0.1) is 5.92 Å². The van der Waals surface area contributed by atoms with Crippen molar-refractivity contribution in [3.63, 3.8) is 0 Å². The van der Waals surface area contributed by atoms with Crippen LogP contribution in [0.15, 0.2) is 28.7 Å². The Bertz CT molecular complexity index is 582. The van der Waals surface area contributed by atoms with Gasteiger partial charge in [0.15, 0.2) is 0 Å². The average Bonchev–Trinajstić information content (AvgIpc) is 2.74. The zero-order valence-corrected chi connectivity index (χ0v) is 14.8. The number of nitrogens with one attached hydrogen (secondary N) is 1. The molecule has 0 radical (unpaired) electrons. The number of carbonyl (C=O) groups is 2. The van der Waals surface area contributed by atoms with Gasteiger partial charge in [0.1, 0.15) is 0 Å². The summed E-state index contributed by atoms with van der Waals surface area (Å²) in [7, 11) is 0. The van der Waals surface area contributed by atoms with Gasteiger partial charge in [-0.25, -0.2) is 0 Å². The van der Waals surface area contributed by atoms with Crippen LogP contribution in [-0.2, 0) is 9.59 Å². The van der Waals surface area contributed by atoms with Crippen LogP contribution < -0.4 is 10.2 Å². The summed E-state index contributed by atoms with van der Waals surface area (Å²) in [5.74, 6) is -0.156. The molecule has 124 valence electrons. The van der Waals surface area contributed by atoms with Gasteiger partial charge in [-0.2, -0.15) is 0 Å².